The summed E-state index contributed by atoms with van der Waals surface area (Å²) in [5, 5.41) is 8.81. The molecule has 13 heavy (non-hydrogen) atoms. The predicted molar refractivity (Wildman–Crippen MR) is 50.8 cm³/mol. The molecule has 1 aliphatic heterocycles. The Labute approximate surface area is 85.0 Å². The number of aliphatic carboxylic acids is 1. The number of amides is 1. The Morgan fingerprint density at radius 1 is 1.62 bits per heavy atom. The van der Waals surface area contributed by atoms with E-state index in [2.05, 4.69) is 15.9 Å². The van der Waals surface area contributed by atoms with Gasteiger partial charge in [0.15, 0.2) is 0 Å². The molecule has 1 fully saturated rings. The van der Waals surface area contributed by atoms with Crippen molar-refractivity contribution < 1.29 is 14.7 Å². The van der Waals surface area contributed by atoms with Gasteiger partial charge in [0.2, 0.25) is 5.91 Å². The molecule has 0 spiro atoms. The quantitative estimate of drug-likeness (QED) is 0.739. The molecule has 1 N–H and O–H groups in total. The van der Waals surface area contributed by atoms with Crippen LogP contribution in [-0.2, 0) is 9.59 Å². The number of alkyl halides is 1. The van der Waals surface area contributed by atoms with Crippen LogP contribution < -0.4 is 0 Å². The number of carbonyl (C=O) groups is 2. The zero-order chi connectivity index (χ0) is 10.0. The second kappa shape index (κ2) is 4.09. The van der Waals surface area contributed by atoms with Gasteiger partial charge in [-0.05, 0) is 19.8 Å². The van der Waals surface area contributed by atoms with E-state index < -0.39 is 12.0 Å². The number of carboxylic acid groups (broad SMARTS) is 1. The van der Waals surface area contributed by atoms with Crippen molar-refractivity contribution in [1.82, 2.24) is 4.90 Å². The van der Waals surface area contributed by atoms with E-state index in [1.54, 1.807) is 6.92 Å². The Morgan fingerprint density at radius 2 is 2.23 bits per heavy atom. The van der Waals surface area contributed by atoms with Gasteiger partial charge in [-0.25, -0.2) is 4.79 Å². The van der Waals surface area contributed by atoms with E-state index in [1.807, 2.05) is 0 Å². The summed E-state index contributed by atoms with van der Waals surface area (Å²) in [5.74, 6) is -1.04. The molecule has 0 aromatic rings. The maximum atomic E-state index is 11.5. The molecule has 1 aliphatic rings. The summed E-state index contributed by atoms with van der Waals surface area (Å²) < 4.78 is 0. The molecular weight excluding hydrogens is 238 g/mol. The summed E-state index contributed by atoms with van der Waals surface area (Å²) in [6.45, 7) is 2.27. The molecule has 0 unspecified atom stereocenters. The van der Waals surface area contributed by atoms with Crippen LogP contribution in [0.4, 0.5) is 0 Å². The third-order valence-corrected chi connectivity index (χ3v) is 2.55. The average Bonchev–Trinajstić information content (AvgIpc) is 2.50. The summed E-state index contributed by atoms with van der Waals surface area (Å²) in [6.07, 6.45) is 1.35. The molecular formula is C8H12BrNO3. The van der Waals surface area contributed by atoms with Crippen molar-refractivity contribution in [2.24, 2.45) is 0 Å². The number of likely N-dealkylation sites (tertiary alicyclic amines) is 1. The zero-order valence-corrected chi connectivity index (χ0v) is 8.95. The van der Waals surface area contributed by atoms with Gasteiger partial charge in [-0.3, -0.25) is 4.79 Å². The van der Waals surface area contributed by atoms with Crippen molar-refractivity contribution in [3.63, 3.8) is 0 Å². The van der Waals surface area contributed by atoms with Crippen molar-refractivity contribution in [3.8, 4) is 0 Å². The minimum Gasteiger partial charge on any atom is -0.480 e. The number of nitrogens with zero attached hydrogens (tertiary/aromatic N) is 1. The van der Waals surface area contributed by atoms with Gasteiger partial charge in [-0.1, -0.05) is 15.9 Å². The molecule has 1 rings (SSSR count). The van der Waals surface area contributed by atoms with Gasteiger partial charge in [0.05, 0.1) is 4.83 Å². The van der Waals surface area contributed by atoms with Gasteiger partial charge in [-0.15, -0.1) is 0 Å². The third-order valence-electron chi connectivity index (χ3n) is 2.16. The van der Waals surface area contributed by atoms with Crippen molar-refractivity contribution >= 4 is 27.8 Å². The van der Waals surface area contributed by atoms with E-state index in [0.717, 1.165) is 6.42 Å². The third kappa shape index (κ3) is 2.21. The maximum absolute atomic E-state index is 11.5. The highest BCUT2D eigenvalue weighted by Gasteiger charge is 2.34. The lowest BCUT2D eigenvalue weighted by Crippen LogP contribution is -2.43. The molecule has 2 atom stereocenters. The Kier molecular flexibility index (Phi) is 3.30. The van der Waals surface area contributed by atoms with E-state index in [9.17, 15) is 9.59 Å². The summed E-state index contributed by atoms with van der Waals surface area (Å²) >= 11 is 3.14. The van der Waals surface area contributed by atoms with Crippen LogP contribution in [0.25, 0.3) is 0 Å². The molecule has 74 valence electrons. The van der Waals surface area contributed by atoms with Crippen molar-refractivity contribution in [2.75, 3.05) is 6.54 Å². The fraction of sp³-hybridized carbons (Fsp3) is 0.750. The van der Waals surface area contributed by atoms with E-state index in [1.165, 1.54) is 4.90 Å². The molecule has 5 heteroatoms. The second-order valence-electron chi connectivity index (χ2n) is 3.14. The second-order valence-corrected chi connectivity index (χ2v) is 4.52. The first-order valence-electron chi connectivity index (χ1n) is 4.21. The largest absolute Gasteiger partial charge is 0.480 e. The number of hydrogen-bond donors (Lipinski definition) is 1. The Morgan fingerprint density at radius 3 is 2.69 bits per heavy atom. The zero-order valence-electron chi connectivity index (χ0n) is 7.36. The molecule has 0 radical (unpaired) electrons. The van der Waals surface area contributed by atoms with Gasteiger partial charge in [0.25, 0.3) is 0 Å². The molecule has 0 bridgehead atoms. The summed E-state index contributed by atoms with van der Waals surface area (Å²) in [5.41, 5.74) is 0. The minimum absolute atomic E-state index is 0.134. The highest BCUT2D eigenvalue weighted by Crippen LogP contribution is 2.19. The maximum Gasteiger partial charge on any atom is 0.326 e. The average molecular weight is 250 g/mol. The molecule has 1 heterocycles. The summed E-state index contributed by atoms with van der Waals surface area (Å²) in [6, 6.07) is -0.618. The van der Waals surface area contributed by atoms with Crippen LogP contribution >= 0.6 is 15.9 Å². The molecule has 0 aliphatic carbocycles. The van der Waals surface area contributed by atoms with Gasteiger partial charge in [0.1, 0.15) is 6.04 Å². The van der Waals surface area contributed by atoms with Crippen LogP contribution in [0.2, 0.25) is 0 Å². The SMILES string of the molecule is C[C@H](Br)C(=O)N1CCC[C@@H]1C(=O)O. The van der Waals surface area contributed by atoms with Crippen molar-refractivity contribution in [2.45, 2.75) is 30.6 Å². The normalized spacial score (nSPS) is 24.5. The van der Waals surface area contributed by atoms with Gasteiger partial charge >= 0.3 is 5.97 Å². The molecule has 1 saturated heterocycles. The van der Waals surface area contributed by atoms with Crippen LogP contribution in [0.5, 0.6) is 0 Å². The van der Waals surface area contributed by atoms with Gasteiger partial charge in [0, 0.05) is 6.54 Å². The summed E-state index contributed by atoms with van der Waals surface area (Å²) in [7, 11) is 0. The molecule has 1 amide bonds. The predicted octanol–water partition coefficient (Wildman–Crippen LogP) is 0.845. The first-order valence-corrected chi connectivity index (χ1v) is 5.13. The highest BCUT2D eigenvalue weighted by atomic mass is 79.9. The Balaban J connectivity index is 2.68. The smallest absolute Gasteiger partial charge is 0.326 e. The molecule has 0 aromatic heterocycles. The first-order chi connectivity index (χ1) is 6.04. The van der Waals surface area contributed by atoms with Crippen LogP contribution in [0.15, 0.2) is 0 Å². The van der Waals surface area contributed by atoms with E-state index in [4.69, 9.17) is 5.11 Å². The number of carboxylic acids is 1. The molecule has 4 nitrogen and oxygen atoms in total. The minimum atomic E-state index is -0.904. The number of halogens is 1. The number of rotatable bonds is 2. The monoisotopic (exact) mass is 249 g/mol. The lowest BCUT2D eigenvalue weighted by molar-refractivity contribution is -0.147. The van der Waals surface area contributed by atoms with Crippen LogP contribution in [0, 0.1) is 0 Å². The van der Waals surface area contributed by atoms with Gasteiger partial charge < -0.3 is 10.0 Å². The molecule has 0 saturated carbocycles. The Hall–Kier alpha value is -0.580. The number of carbonyl (C=O) groups excluding carboxylic acids is 1. The lowest BCUT2D eigenvalue weighted by atomic mass is 10.2. The Bertz CT molecular complexity index is 229. The number of hydrogen-bond acceptors (Lipinski definition) is 2. The fourth-order valence-electron chi connectivity index (χ4n) is 1.52. The van der Waals surface area contributed by atoms with Gasteiger partial charge in [-0.2, -0.15) is 0 Å². The van der Waals surface area contributed by atoms with Crippen LogP contribution in [0.3, 0.4) is 0 Å². The van der Waals surface area contributed by atoms with Crippen molar-refractivity contribution in [1.29, 1.82) is 0 Å². The van der Waals surface area contributed by atoms with E-state index in [0.29, 0.717) is 13.0 Å². The van der Waals surface area contributed by atoms with E-state index >= 15 is 0 Å². The van der Waals surface area contributed by atoms with E-state index in [-0.39, 0.29) is 10.7 Å². The summed E-state index contributed by atoms with van der Waals surface area (Å²) in [4.78, 5) is 23.3. The standard InChI is InChI=1S/C8H12BrNO3/c1-5(9)7(11)10-4-2-3-6(10)8(12)13/h5-6H,2-4H2,1H3,(H,12,13)/t5-,6+/m0/s1. The highest BCUT2D eigenvalue weighted by molar-refractivity contribution is 9.10. The van der Waals surface area contributed by atoms with Crippen LogP contribution in [0.1, 0.15) is 19.8 Å². The fourth-order valence-corrected chi connectivity index (χ4v) is 1.78. The molecule has 0 aromatic carbocycles. The lowest BCUT2D eigenvalue weighted by Gasteiger charge is -2.22. The first kappa shape index (κ1) is 10.5. The van der Waals surface area contributed by atoms with Crippen LogP contribution in [-0.4, -0.2) is 39.3 Å². The van der Waals surface area contributed by atoms with Crippen molar-refractivity contribution in [3.05, 3.63) is 0 Å². The topological polar surface area (TPSA) is 57.6 Å².